The largest absolute Gasteiger partial charge is 0.401 e. The molecule has 1 unspecified atom stereocenters. The first-order valence-corrected chi connectivity index (χ1v) is 9.21. The van der Waals surface area contributed by atoms with Gasteiger partial charge in [-0.15, -0.1) is 0 Å². The Morgan fingerprint density at radius 1 is 1.39 bits per heavy atom. The van der Waals surface area contributed by atoms with Crippen LogP contribution in [0.4, 0.5) is 13.2 Å². The molecule has 28 heavy (non-hydrogen) atoms. The zero-order valence-electron chi connectivity index (χ0n) is 15.6. The van der Waals surface area contributed by atoms with Crippen LogP contribution in [-0.2, 0) is 6.54 Å². The average molecular weight is 395 g/mol. The van der Waals surface area contributed by atoms with Gasteiger partial charge < -0.3 is 10.6 Å². The van der Waals surface area contributed by atoms with Crippen molar-refractivity contribution in [1.82, 2.24) is 30.7 Å². The van der Waals surface area contributed by atoms with Gasteiger partial charge in [-0.1, -0.05) is 18.2 Å². The number of benzene rings is 1. The number of likely N-dealkylation sites (tertiary alicyclic amines) is 1. The third kappa shape index (κ3) is 5.95. The van der Waals surface area contributed by atoms with E-state index >= 15 is 0 Å². The van der Waals surface area contributed by atoms with Crippen molar-refractivity contribution in [3.05, 3.63) is 36.2 Å². The first-order valence-electron chi connectivity index (χ1n) is 9.21. The minimum atomic E-state index is -4.16. The van der Waals surface area contributed by atoms with E-state index < -0.39 is 12.7 Å². The molecule has 3 N–H and O–H groups in total. The monoisotopic (exact) mass is 395 g/mol. The van der Waals surface area contributed by atoms with Crippen LogP contribution in [0.5, 0.6) is 0 Å². The Morgan fingerprint density at radius 2 is 2.25 bits per heavy atom. The lowest BCUT2D eigenvalue weighted by Crippen LogP contribution is -2.45. The molecule has 2 aromatic rings. The summed E-state index contributed by atoms with van der Waals surface area (Å²) in [5.41, 5.74) is 1.91. The summed E-state index contributed by atoms with van der Waals surface area (Å²) in [7, 11) is 0. The van der Waals surface area contributed by atoms with Gasteiger partial charge >= 0.3 is 6.18 Å². The number of guanidine groups is 1. The molecular formula is C18H24F3N7. The van der Waals surface area contributed by atoms with Gasteiger partial charge in [0.1, 0.15) is 6.33 Å². The van der Waals surface area contributed by atoms with E-state index in [-0.39, 0.29) is 6.04 Å². The maximum Gasteiger partial charge on any atom is 0.401 e. The third-order valence-corrected chi connectivity index (χ3v) is 4.40. The van der Waals surface area contributed by atoms with Crippen LogP contribution < -0.4 is 10.6 Å². The summed E-state index contributed by atoms with van der Waals surface area (Å²) in [4.78, 5) is 10.1. The van der Waals surface area contributed by atoms with Crippen LogP contribution in [-0.4, -0.2) is 64.4 Å². The molecule has 0 spiro atoms. The number of aromatic nitrogens is 3. The summed E-state index contributed by atoms with van der Waals surface area (Å²) in [5, 5.41) is 13.1. The molecule has 0 radical (unpaired) electrons. The molecule has 0 bridgehead atoms. The Bertz CT molecular complexity index is 774. The van der Waals surface area contributed by atoms with Gasteiger partial charge in [0.2, 0.25) is 0 Å². The van der Waals surface area contributed by atoms with Crippen LogP contribution in [0.25, 0.3) is 11.4 Å². The molecule has 0 saturated carbocycles. The van der Waals surface area contributed by atoms with Gasteiger partial charge in [-0.3, -0.25) is 10.00 Å². The number of nitrogens with one attached hydrogen (secondary N) is 3. The van der Waals surface area contributed by atoms with E-state index in [1.165, 1.54) is 11.2 Å². The van der Waals surface area contributed by atoms with Crippen molar-refractivity contribution >= 4 is 5.96 Å². The highest BCUT2D eigenvalue weighted by Crippen LogP contribution is 2.20. The molecule has 1 aliphatic rings. The van der Waals surface area contributed by atoms with E-state index in [1.54, 1.807) is 0 Å². The van der Waals surface area contributed by atoms with Crippen LogP contribution >= 0.6 is 0 Å². The van der Waals surface area contributed by atoms with Crippen molar-refractivity contribution in [3.8, 4) is 11.4 Å². The van der Waals surface area contributed by atoms with Crippen molar-refractivity contribution in [2.45, 2.75) is 32.1 Å². The lowest BCUT2D eigenvalue weighted by atomic mass is 10.1. The van der Waals surface area contributed by atoms with Gasteiger partial charge in [-0.05, 0) is 25.0 Å². The van der Waals surface area contributed by atoms with Crippen LogP contribution in [0.3, 0.4) is 0 Å². The van der Waals surface area contributed by atoms with E-state index in [0.29, 0.717) is 44.4 Å². The molecule has 1 atom stereocenters. The number of hydrogen-bond acceptors (Lipinski definition) is 4. The number of aliphatic imine (C=N–C) groups is 1. The first kappa shape index (κ1) is 20.1. The highest BCUT2D eigenvalue weighted by Gasteiger charge is 2.34. The Labute approximate surface area is 161 Å². The van der Waals surface area contributed by atoms with Crippen LogP contribution in [0, 0.1) is 0 Å². The van der Waals surface area contributed by atoms with Crippen molar-refractivity contribution < 1.29 is 13.2 Å². The molecule has 7 nitrogen and oxygen atoms in total. The fourth-order valence-electron chi connectivity index (χ4n) is 3.19. The molecule has 1 aromatic heterocycles. The highest BCUT2D eigenvalue weighted by molar-refractivity contribution is 5.80. The lowest BCUT2D eigenvalue weighted by Gasteiger charge is -2.19. The van der Waals surface area contributed by atoms with Crippen molar-refractivity contribution in [2.75, 3.05) is 26.2 Å². The zero-order valence-corrected chi connectivity index (χ0v) is 15.6. The number of alkyl halides is 3. The number of H-pyrrole nitrogens is 1. The van der Waals surface area contributed by atoms with Gasteiger partial charge in [-0.25, -0.2) is 9.98 Å². The molecule has 1 aromatic carbocycles. The molecule has 3 rings (SSSR count). The second-order valence-corrected chi connectivity index (χ2v) is 6.71. The van der Waals surface area contributed by atoms with Gasteiger partial charge in [0.25, 0.3) is 0 Å². The van der Waals surface area contributed by atoms with Crippen LogP contribution in [0.15, 0.2) is 35.6 Å². The Hall–Kier alpha value is -2.62. The quantitative estimate of drug-likeness (QED) is 0.516. The predicted molar refractivity (Wildman–Crippen MR) is 101 cm³/mol. The molecule has 10 heteroatoms. The topological polar surface area (TPSA) is 81.2 Å². The number of nitrogens with zero attached hydrogens (tertiary/aromatic N) is 4. The second kappa shape index (κ2) is 9.05. The summed E-state index contributed by atoms with van der Waals surface area (Å²) in [6, 6.07) is 7.75. The van der Waals surface area contributed by atoms with Gasteiger partial charge in [0.15, 0.2) is 11.8 Å². The van der Waals surface area contributed by atoms with Crippen molar-refractivity contribution in [1.29, 1.82) is 0 Å². The van der Waals surface area contributed by atoms with E-state index in [1.807, 2.05) is 31.2 Å². The Balaban J connectivity index is 1.60. The van der Waals surface area contributed by atoms with E-state index in [2.05, 4.69) is 30.8 Å². The summed E-state index contributed by atoms with van der Waals surface area (Å²) < 4.78 is 37.7. The predicted octanol–water partition coefficient (Wildman–Crippen LogP) is 2.16. The second-order valence-electron chi connectivity index (χ2n) is 6.71. The summed E-state index contributed by atoms with van der Waals surface area (Å²) in [6.45, 7) is 2.97. The zero-order chi connectivity index (χ0) is 20.0. The average Bonchev–Trinajstić information content (AvgIpc) is 3.31. The number of halogens is 3. The maximum atomic E-state index is 12.6. The summed E-state index contributed by atoms with van der Waals surface area (Å²) in [5.74, 6) is 1.29. The van der Waals surface area contributed by atoms with E-state index in [0.717, 1.165) is 11.1 Å². The number of rotatable bonds is 6. The van der Waals surface area contributed by atoms with E-state index in [4.69, 9.17) is 0 Å². The minimum absolute atomic E-state index is 0.0549. The van der Waals surface area contributed by atoms with Crippen LogP contribution in [0.1, 0.15) is 18.9 Å². The molecule has 2 heterocycles. The van der Waals surface area contributed by atoms with Crippen LogP contribution in [0.2, 0.25) is 0 Å². The summed E-state index contributed by atoms with van der Waals surface area (Å²) >= 11 is 0. The van der Waals surface area contributed by atoms with E-state index in [9.17, 15) is 13.2 Å². The van der Waals surface area contributed by atoms with Gasteiger partial charge in [0.05, 0.1) is 13.1 Å². The third-order valence-electron chi connectivity index (χ3n) is 4.40. The molecule has 0 aliphatic carbocycles. The van der Waals surface area contributed by atoms with Gasteiger partial charge in [0, 0.05) is 31.2 Å². The maximum absolute atomic E-state index is 12.6. The normalized spacial score (nSPS) is 18.4. The van der Waals surface area contributed by atoms with Crippen molar-refractivity contribution in [2.24, 2.45) is 4.99 Å². The Morgan fingerprint density at radius 3 is 2.96 bits per heavy atom. The SMILES string of the molecule is CCNC(=NCc1cccc(-c2ncn[nH]2)c1)NC1CCN(CC(F)(F)F)C1. The fraction of sp³-hybridized carbons (Fsp3) is 0.500. The van der Waals surface area contributed by atoms with Gasteiger partial charge in [-0.2, -0.15) is 18.3 Å². The Kier molecular flexibility index (Phi) is 6.50. The number of aromatic amines is 1. The molecule has 152 valence electrons. The molecule has 0 amide bonds. The highest BCUT2D eigenvalue weighted by atomic mass is 19.4. The summed E-state index contributed by atoms with van der Waals surface area (Å²) in [6.07, 6.45) is -2.06. The molecular weight excluding hydrogens is 371 g/mol. The fourth-order valence-corrected chi connectivity index (χ4v) is 3.19. The number of hydrogen-bond donors (Lipinski definition) is 3. The molecule has 1 fully saturated rings. The lowest BCUT2D eigenvalue weighted by molar-refractivity contribution is -0.143. The minimum Gasteiger partial charge on any atom is -0.357 e. The molecule has 1 saturated heterocycles. The smallest absolute Gasteiger partial charge is 0.357 e. The standard InChI is InChI=1S/C18H24F3N7/c1-2-22-17(26-15-6-7-28(10-15)11-18(19,20)21)23-9-13-4-3-5-14(8-13)16-24-12-25-27-16/h3-5,8,12,15H,2,6-7,9-11H2,1H3,(H2,22,23,26)(H,24,25,27). The first-order chi connectivity index (χ1) is 13.4. The van der Waals surface area contributed by atoms with Crippen molar-refractivity contribution in [3.63, 3.8) is 0 Å². The molecule has 1 aliphatic heterocycles.